The monoisotopic (exact) mass is 505 g/mol. The van der Waals surface area contributed by atoms with Gasteiger partial charge in [-0.25, -0.2) is 9.37 Å². The zero-order valence-corrected chi connectivity index (χ0v) is 20.1. The third-order valence-corrected chi connectivity index (χ3v) is 6.23. The van der Waals surface area contributed by atoms with E-state index in [0.717, 1.165) is 16.7 Å². The number of fused-ring (bicyclic) bond motifs is 3. The molecule has 188 valence electrons. The number of nitriles is 1. The zero-order chi connectivity index (χ0) is 26.1. The average molecular weight is 505 g/mol. The van der Waals surface area contributed by atoms with Gasteiger partial charge >= 0.3 is 6.61 Å². The van der Waals surface area contributed by atoms with Crippen LogP contribution >= 0.6 is 0 Å². The molecule has 6 nitrogen and oxygen atoms in total. The number of imidazole rings is 1. The second-order valence-corrected chi connectivity index (χ2v) is 8.58. The Labute approximate surface area is 211 Å². The Morgan fingerprint density at radius 1 is 1.16 bits per heavy atom. The molecule has 0 atom stereocenters. The number of methoxy groups -OCH3 is 1. The molecular formula is C28H22F3N3O3. The molecular weight excluding hydrogens is 483 g/mol. The molecule has 9 heteroatoms. The second kappa shape index (κ2) is 9.99. The lowest BCUT2D eigenvalue weighted by atomic mass is 9.90. The van der Waals surface area contributed by atoms with Crippen LogP contribution in [-0.4, -0.2) is 23.3 Å². The van der Waals surface area contributed by atoms with Crippen molar-refractivity contribution >= 4 is 16.6 Å². The molecule has 0 fully saturated rings. The van der Waals surface area contributed by atoms with Gasteiger partial charge in [-0.1, -0.05) is 18.2 Å². The number of hydrogen-bond acceptors (Lipinski definition) is 5. The smallest absolute Gasteiger partial charge is 0.387 e. The van der Waals surface area contributed by atoms with Crippen LogP contribution in [-0.2, 0) is 24.5 Å². The van der Waals surface area contributed by atoms with Crippen molar-refractivity contribution in [2.45, 2.75) is 33.3 Å². The second-order valence-electron chi connectivity index (χ2n) is 8.58. The molecule has 2 heterocycles. The number of alkyl halides is 2. The van der Waals surface area contributed by atoms with Crippen LogP contribution in [0.25, 0.3) is 16.6 Å². The van der Waals surface area contributed by atoms with Crippen LogP contribution in [0.1, 0.15) is 35.0 Å². The number of nitrogens with zero attached hydrogens (tertiary/aromatic N) is 3. The molecule has 0 bridgehead atoms. The van der Waals surface area contributed by atoms with Crippen molar-refractivity contribution in [2.75, 3.05) is 7.11 Å². The summed E-state index contributed by atoms with van der Waals surface area (Å²) in [5.74, 6) is 0.493. The number of aromatic nitrogens is 2. The zero-order valence-electron chi connectivity index (χ0n) is 20.1. The van der Waals surface area contributed by atoms with Gasteiger partial charge in [-0.05, 0) is 53.9 Å². The van der Waals surface area contributed by atoms with Crippen molar-refractivity contribution in [1.82, 2.24) is 9.55 Å². The minimum atomic E-state index is -2.97. The van der Waals surface area contributed by atoms with Crippen molar-refractivity contribution in [3.05, 3.63) is 94.1 Å². The van der Waals surface area contributed by atoms with E-state index in [-0.39, 0.29) is 19.0 Å². The Kier molecular flexibility index (Phi) is 6.59. The fraction of sp³-hybridized carbons (Fsp3) is 0.214. The lowest BCUT2D eigenvalue weighted by Gasteiger charge is -2.14. The van der Waals surface area contributed by atoms with E-state index in [1.807, 2.05) is 22.8 Å². The molecule has 0 N–H and O–H groups in total. The number of allylic oxidation sites excluding steroid dienone is 1. The molecule has 0 aliphatic carbocycles. The fourth-order valence-electron chi connectivity index (χ4n) is 4.65. The Hall–Kier alpha value is -4.29. The molecule has 0 unspecified atom stereocenters. The van der Waals surface area contributed by atoms with Crippen LogP contribution in [0.2, 0.25) is 0 Å². The summed E-state index contributed by atoms with van der Waals surface area (Å²) < 4.78 is 57.6. The van der Waals surface area contributed by atoms with Crippen molar-refractivity contribution < 1.29 is 27.4 Å². The maximum Gasteiger partial charge on any atom is 0.387 e. The Morgan fingerprint density at radius 3 is 2.73 bits per heavy atom. The van der Waals surface area contributed by atoms with E-state index in [1.165, 1.54) is 25.3 Å². The maximum atomic E-state index is 13.9. The van der Waals surface area contributed by atoms with Gasteiger partial charge in [-0.15, -0.1) is 0 Å². The summed E-state index contributed by atoms with van der Waals surface area (Å²) in [5.41, 5.74) is 5.33. The normalized spacial score (nSPS) is 14.0. The largest absolute Gasteiger partial charge is 0.488 e. The van der Waals surface area contributed by atoms with E-state index in [4.69, 9.17) is 9.47 Å². The minimum absolute atomic E-state index is 0.00862. The lowest BCUT2D eigenvalue weighted by Crippen LogP contribution is -2.07. The van der Waals surface area contributed by atoms with Crippen LogP contribution in [0, 0.1) is 17.1 Å². The molecule has 3 aromatic carbocycles. The Morgan fingerprint density at radius 2 is 1.97 bits per heavy atom. The van der Waals surface area contributed by atoms with Crippen molar-refractivity contribution in [1.29, 1.82) is 5.26 Å². The lowest BCUT2D eigenvalue weighted by molar-refractivity contribution is -0.0489. The molecule has 0 radical (unpaired) electrons. The molecule has 0 spiro atoms. The first kappa shape index (κ1) is 24.4. The highest BCUT2D eigenvalue weighted by Gasteiger charge is 2.23. The number of para-hydroxylation sites is 1. The molecule has 0 amide bonds. The number of hydrogen-bond donors (Lipinski definition) is 0. The Bertz CT molecular complexity index is 1570. The van der Waals surface area contributed by atoms with Gasteiger partial charge < -0.3 is 18.8 Å². The van der Waals surface area contributed by atoms with Gasteiger partial charge in [-0.2, -0.15) is 14.0 Å². The van der Waals surface area contributed by atoms with Gasteiger partial charge in [0.25, 0.3) is 0 Å². The molecule has 1 aliphatic rings. The molecule has 37 heavy (non-hydrogen) atoms. The van der Waals surface area contributed by atoms with Crippen LogP contribution in [0.4, 0.5) is 13.2 Å². The highest BCUT2D eigenvalue weighted by Crippen LogP contribution is 2.39. The minimum Gasteiger partial charge on any atom is -0.488 e. The van der Waals surface area contributed by atoms with Crippen LogP contribution in [0.15, 0.2) is 60.2 Å². The highest BCUT2D eigenvalue weighted by atomic mass is 19.3. The van der Waals surface area contributed by atoms with Crippen molar-refractivity contribution in [3.63, 3.8) is 0 Å². The van der Waals surface area contributed by atoms with E-state index in [0.29, 0.717) is 45.9 Å². The summed E-state index contributed by atoms with van der Waals surface area (Å²) in [4.78, 5) is 4.51. The summed E-state index contributed by atoms with van der Waals surface area (Å²) in [7, 11) is 1.53. The van der Waals surface area contributed by atoms with Crippen molar-refractivity contribution in [3.8, 4) is 17.6 Å². The van der Waals surface area contributed by atoms with Crippen LogP contribution < -0.4 is 9.47 Å². The van der Waals surface area contributed by atoms with Gasteiger partial charge in [0.05, 0.1) is 11.6 Å². The standard InChI is InChI=1S/C28H22F3N3O3/c1-16(12-32)26-20-8-6-17(10-18(20)14-36-24-11-19(29)7-9-21(24)26)13-34-22-4-3-5-23(37-28(30)31)27(22)33-25(34)15-35-2/h3-11,28H,13-15H2,1-2H3. The quantitative estimate of drug-likeness (QED) is 0.292. The van der Waals surface area contributed by atoms with Crippen LogP contribution in [0.5, 0.6) is 11.5 Å². The third-order valence-electron chi connectivity index (χ3n) is 6.23. The first-order valence-corrected chi connectivity index (χ1v) is 11.5. The molecule has 1 aliphatic heterocycles. The summed E-state index contributed by atoms with van der Waals surface area (Å²) >= 11 is 0. The average Bonchev–Trinajstić information content (AvgIpc) is 3.13. The van der Waals surface area contributed by atoms with Gasteiger partial charge in [0.1, 0.15) is 36.1 Å². The maximum absolute atomic E-state index is 13.9. The number of benzene rings is 3. The summed E-state index contributed by atoms with van der Waals surface area (Å²) in [6.07, 6.45) is 0. The first-order valence-electron chi connectivity index (χ1n) is 11.5. The fourth-order valence-corrected chi connectivity index (χ4v) is 4.65. The van der Waals surface area contributed by atoms with E-state index >= 15 is 0 Å². The highest BCUT2D eigenvalue weighted by molar-refractivity contribution is 5.88. The van der Waals surface area contributed by atoms with E-state index in [1.54, 1.807) is 25.1 Å². The molecule has 1 aromatic heterocycles. The number of halogens is 3. The first-order chi connectivity index (χ1) is 17.9. The Balaban J connectivity index is 1.59. The molecule has 4 aromatic rings. The summed E-state index contributed by atoms with van der Waals surface area (Å²) in [5, 5.41) is 9.67. The predicted molar refractivity (Wildman–Crippen MR) is 131 cm³/mol. The van der Waals surface area contributed by atoms with Gasteiger partial charge in [0.2, 0.25) is 0 Å². The molecule has 5 rings (SSSR count). The number of rotatable bonds is 6. The number of ether oxygens (including phenoxy) is 3. The third kappa shape index (κ3) is 4.63. The predicted octanol–water partition coefficient (Wildman–Crippen LogP) is 6.21. The van der Waals surface area contributed by atoms with E-state index in [2.05, 4.69) is 15.8 Å². The van der Waals surface area contributed by atoms with Gasteiger partial charge in [-0.3, -0.25) is 0 Å². The summed E-state index contributed by atoms with van der Waals surface area (Å²) in [6.45, 7) is -0.518. The van der Waals surface area contributed by atoms with E-state index in [9.17, 15) is 18.4 Å². The molecule has 0 saturated heterocycles. The van der Waals surface area contributed by atoms with Crippen LogP contribution in [0.3, 0.4) is 0 Å². The van der Waals surface area contributed by atoms with Gasteiger partial charge in [0, 0.05) is 36.4 Å². The summed E-state index contributed by atoms with van der Waals surface area (Å²) in [6, 6.07) is 17.2. The molecule has 0 saturated carbocycles. The van der Waals surface area contributed by atoms with E-state index < -0.39 is 12.4 Å². The topological polar surface area (TPSA) is 69.3 Å². The van der Waals surface area contributed by atoms with Crippen molar-refractivity contribution in [2.24, 2.45) is 0 Å². The van der Waals surface area contributed by atoms with Gasteiger partial charge in [0.15, 0.2) is 5.75 Å². The SMILES string of the molecule is COCc1nc2c(OC(F)F)cccc2n1Cc1ccc2c(c1)COc1cc(F)ccc1C2=C(C)C#N.